The van der Waals surface area contributed by atoms with Crippen LogP contribution in [0.5, 0.6) is 0 Å². The van der Waals surface area contributed by atoms with Crippen LogP contribution in [0, 0.1) is 5.95 Å². The largest absolute Gasteiger partial charge is 0.379 e. The summed E-state index contributed by atoms with van der Waals surface area (Å²) in [5.41, 5.74) is 0.622. The molecule has 1 N–H and O–H groups in total. The van der Waals surface area contributed by atoms with E-state index in [1.165, 1.54) is 4.68 Å². The van der Waals surface area contributed by atoms with Crippen molar-refractivity contribution in [2.75, 3.05) is 13.2 Å². The quantitative estimate of drug-likeness (QED) is 0.709. The van der Waals surface area contributed by atoms with Gasteiger partial charge in [-0.15, -0.1) is 0 Å². The van der Waals surface area contributed by atoms with E-state index in [-0.39, 0.29) is 12.1 Å². The van der Waals surface area contributed by atoms with Crippen molar-refractivity contribution in [3.63, 3.8) is 0 Å². The van der Waals surface area contributed by atoms with E-state index in [1.807, 2.05) is 20.8 Å². The van der Waals surface area contributed by atoms with Gasteiger partial charge in [0.1, 0.15) is 0 Å². The van der Waals surface area contributed by atoms with E-state index in [1.54, 1.807) is 6.20 Å². The molecule has 0 atom stereocenters. The molecule has 1 heterocycles. The van der Waals surface area contributed by atoms with E-state index in [0.29, 0.717) is 18.7 Å². The molecule has 0 spiro atoms. The number of hydrogen-bond donors (Lipinski definition) is 1. The molecule has 0 saturated heterocycles. The van der Waals surface area contributed by atoms with Crippen molar-refractivity contribution in [3.8, 4) is 0 Å². The zero-order chi connectivity index (χ0) is 12.7. The minimum absolute atomic E-state index is 0.238. The molecule has 1 aromatic heterocycles. The molecule has 0 aromatic carbocycles. The Hall–Kier alpha value is -0.940. The lowest BCUT2D eigenvalue weighted by Gasteiger charge is -2.07. The van der Waals surface area contributed by atoms with Crippen LogP contribution in [0.3, 0.4) is 0 Å². The SMILES string of the molecule is CCn1ncc(CNCCCOC(C)C)c1F. The maximum atomic E-state index is 13.5. The molecular weight excluding hydrogens is 221 g/mol. The summed E-state index contributed by atoms with van der Waals surface area (Å²) in [7, 11) is 0. The maximum Gasteiger partial charge on any atom is 0.215 e. The Labute approximate surface area is 102 Å². The van der Waals surface area contributed by atoms with Gasteiger partial charge in [0, 0.05) is 25.3 Å². The van der Waals surface area contributed by atoms with Gasteiger partial charge in [-0.1, -0.05) is 0 Å². The van der Waals surface area contributed by atoms with Crippen LogP contribution in [-0.2, 0) is 17.8 Å². The molecule has 0 aliphatic rings. The van der Waals surface area contributed by atoms with E-state index in [9.17, 15) is 4.39 Å². The van der Waals surface area contributed by atoms with E-state index < -0.39 is 0 Å². The molecule has 98 valence electrons. The van der Waals surface area contributed by atoms with Gasteiger partial charge < -0.3 is 10.1 Å². The molecule has 5 heteroatoms. The predicted molar refractivity (Wildman–Crippen MR) is 65.3 cm³/mol. The average molecular weight is 243 g/mol. The van der Waals surface area contributed by atoms with Crippen LogP contribution in [0.4, 0.5) is 4.39 Å². The Kier molecular flexibility index (Phi) is 6.15. The van der Waals surface area contributed by atoms with Crippen LogP contribution in [-0.4, -0.2) is 29.0 Å². The van der Waals surface area contributed by atoms with Crippen molar-refractivity contribution in [1.29, 1.82) is 0 Å². The highest BCUT2D eigenvalue weighted by Gasteiger charge is 2.07. The summed E-state index contributed by atoms with van der Waals surface area (Å²) < 4.78 is 20.3. The second kappa shape index (κ2) is 7.40. The molecule has 0 radical (unpaired) electrons. The Morgan fingerprint density at radius 1 is 1.53 bits per heavy atom. The Bertz CT molecular complexity index is 326. The lowest BCUT2D eigenvalue weighted by molar-refractivity contribution is 0.0770. The number of nitrogens with zero attached hydrogens (tertiary/aromatic N) is 2. The molecule has 0 aliphatic heterocycles. The van der Waals surface area contributed by atoms with Crippen LogP contribution in [0.1, 0.15) is 32.8 Å². The van der Waals surface area contributed by atoms with Crippen LogP contribution < -0.4 is 5.32 Å². The fourth-order valence-electron chi connectivity index (χ4n) is 1.49. The molecule has 4 nitrogen and oxygen atoms in total. The molecular formula is C12H22FN3O. The van der Waals surface area contributed by atoms with E-state index in [4.69, 9.17) is 4.74 Å². The molecule has 0 unspecified atom stereocenters. The fraction of sp³-hybridized carbons (Fsp3) is 0.750. The van der Waals surface area contributed by atoms with Crippen molar-refractivity contribution in [1.82, 2.24) is 15.1 Å². The van der Waals surface area contributed by atoms with Crippen molar-refractivity contribution in [2.45, 2.75) is 46.4 Å². The Balaban J connectivity index is 2.16. The lowest BCUT2D eigenvalue weighted by atomic mass is 10.3. The molecule has 0 saturated carbocycles. The summed E-state index contributed by atoms with van der Waals surface area (Å²) in [6, 6.07) is 0. The van der Waals surface area contributed by atoms with Crippen molar-refractivity contribution < 1.29 is 9.13 Å². The fourth-order valence-corrected chi connectivity index (χ4v) is 1.49. The monoisotopic (exact) mass is 243 g/mol. The van der Waals surface area contributed by atoms with Crippen LogP contribution >= 0.6 is 0 Å². The number of nitrogens with one attached hydrogen (secondary N) is 1. The number of hydrogen-bond acceptors (Lipinski definition) is 3. The molecule has 1 rings (SSSR count). The minimum atomic E-state index is -0.238. The van der Waals surface area contributed by atoms with Gasteiger partial charge in [-0.3, -0.25) is 0 Å². The van der Waals surface area contributed by atoms with Crippen molar-refractivity contribution in [3.05, 3.63) is 17.7 Å². The highest BCUT2D eigenvalue weighted by molar-refractivity contribution is 5.06. The zero-order valence-corrected chi connectivity index (χ0v) is 10.9. The summed E-state index contributed by atoms with van der Waals surface area (Å²) in [5.74, 6) is -0.238. The number of aromatic nitrogens is 2. The van der Waals surface area contributed by atoms with Gasteiger partial charge in [0.2, 0.25) is 5.95 Å². The molecule has 1 aromatic rings. The minimum Gasteiger partial charge on any atom is -0.379 e. The predicted octanol–water partition coefficient (Wildman–Crippen LogP) is 1.95. The third-order valence-electron chi connectivity index (χ3n) is 2.41. The Morgan fingerprint density at radius 2 is 2.29 bits per heavy atom. The van der Waals surface area contributed by atoms with Crippen LogP contribution in [0.15, 0.2) is 6.20 Å². The van der Waals surface area contributed by atoms with Gasteiger partial charge in [-0.2, -0.15) is 9.49 Å². The van der Waals surface area contributed by atoms with Gasteiger partial charge in [0.05, 0.1) is 12.3 Å². The summed E-state index contributed by atoms with van der Waals surface area (Å²) in [6.07, 6.45) is 2.79. The van der Waals surface area contributed by atoms with Gasteiger partial charge in [-0.05, 0) is 33.7 Å². The number of rotatable bonds is 8. The van der Waals surface area contributed by atoms with Gasteiger partial charge in [-0.25, -0.2) is 4.68 Å². The summed E-state index contributed by atoms with van der Waals surface area (Å²) in [6.45, 7) is 8.55. The summed E-state index contributed by atoms with van der Waals surface area (Å²) in [5, 5.41) is 7.13. The first-order chi connectivity index (χ1) is 8.15. The second-order valence-corrected chi connectivity index (χ2v) is 4.23. The van der Waals surface area contributed by atoms with Crippen molar-refractivity contribution in [2.24, 2.45) is 0 Å². The highest BCUT2D eigenvalue weighted by atomic mass is 19.1. The smallest absolute Gasteiger partial charge is 0.215 e. The molecule has 0 aliphatic carbocycles. The topological polar surface area (TPSA) is 39.1 Å². The van der Waals surface area contributed by atoms with E-state index in [0.717, 1.165) is 19.6 Å². The number of aryl methyl sites for hydroxylation is 1. The standard InChI is InChI=1S/C12H22FN3O/c1-4-16-12(13)11(9-15-16)8-14-6-5-7-17-10(2)3/h9-10,14H,4-8H2,1-3H3. The summed E-state index contributed by atoms with van der Waals surface area (Å²) in [4.78, 5) is 0. The zero-order valence-electron chi connectivity index (χ0n) is 10.9. The normalized spacial score (nSPS) is 11.4. The Morgan fingerprint density at radius 3 is 2.88 bits per heavy atom. The third-order valence-corrected chi connectivity index (χ3v) is 2.41. The van der Waals surface area contributed by atoms with Gasteiger partial charge in [0.25, 0.3) is 0 Å². The molecule has 0 bridgehead atoms. The molecule has 17 heavy (non-hydrogen) atoms. The molecule has 0 amide bonds. The molecule has 0 fully saturated rings. The second-order valence-electron chi connectivity index (χ2n) is 4.23. The van der Waals surface area contributed by atoms with E-state index in [2.05, 4.69) is 10.4 Å². The maximum absolute atomic E-state index is 13.5. The highest BCUT2D eigenvalue weighted by Crippen LogP contribution is 2.05. The number of ether oxygens (including phenoxy) is 1. The number of halogens is 1. The average Bonchev–Trinajstić information content (AvgIpc) is 2.64. The first-order valence-electron chi connectivity index (χ1n) is 6.17. The van der Waals surface area contributed by atoms with Crippen LogP contribution in [0.2, 0.25) is 0 Å². The first-order valence-corrected chi connectivity index (χ1v) is 6.17. The summed E-state index contributed by atoms with van der Waals surface area (Å²) >= 11 is 0. The van der Waals surface area contributed by atoms with Gasteiger partial charge >= 0.3 is 0 Å². The third kappa shape index (κ3) is 4.83. The van der Waals surface area contributed by atoms with Crippen molar-refractivity contribution >= 4 is 0 Å². The lowest BCUT2D eigenvalue weighted by Crippen LogP contribution is -2.18. The van der Waals surface area contributed by atoms with Gasteiger partial charge in [0.15, 0.2) is 0 Å². The van der Waals surface area contributed by atoms with Crippen LogP contribution in [0.25, 0.3) is 0 Å². The van der Waals surface area contributed by atoms with E-state index >= 15 is 0 Å². The first kappa shape index (κ1) is 14.1.